The second-order valence-corrected chi connectivity index (χ2v) is 11.9. The van der Waals surface area contributed by atoms with E-state index in [2.05, 4.69) is 4.98 Å². The molecule has 1 aromatic heterocycles. The molecule has 2 heterocycles. The van der Waals surface area contributed by atoms with E-state index in [-0.39, 0.29) is 12.5 Å². The van der Waals surface area contributed by atoms with E-state index in [4.69, 9.17) is 25.8 Å². The fourth-order valence-corrected chi connectivity index (χ4v) is 5.62. The summed E-state index contributed by atoms with van der Waals surface area (Å²) in [6, 6.07) is 12.5. The fraction of sp³-hybridized carbons (Fsp3) is 0.429. The lowest BCUT2D eigenvalue weighted by atomic mass is 10.2. The fourth-order valence-electron chi connectivity index (χ4n) is 4.52. The maximum atomic E-state index is 13.2. The van der Waals surface area contributed by atoms with Gasteiger partial charge in [-0.3, -0.25) is 4.79 Å². The van der Waals surface area contributed by atoms with Crippen molar-refractivity contribution in [1.29, 1.82) is 0 Å². The van der Waals surface area contributed by atoms with Gasteiger partial charge in [0.25, 0.3) is 5.91 Å². The molecule has 1 aliphatic heterocycles. The number of ether oxygens (including phenoxy) is 3. The van der Waals surface area contributed by atoms with E-state index in [9.17, 15) is 13.2 Å². The summed E-state index contributed by atoms with van der Waals surface area (Å²) in [7, 11) is -1.81. The molecule has 0 N–H and O–H groups in total. The van der Waals surface area contributed by atoms with E-state index in [1.807, 2.05) is 29.0 Å². The number of imidazole rings is 1. The average Bonchev–Trinajstić information content (AvgIpc) is 3.39. The van der Waals surface area contributed by atoms with E-state index in [0.29, 0.717) is 80.9 Å². The van der Waals surface area contributed by atoms with Crippen LogP contribution >= 0.6 is 11.6 Å². The number of rotatable bonds is 5. The molecular formula is C28H35ClN4O6S. The Balaban J connectivity index is 1.56. The molecule has 0 radical (unpaired) electrons. The monoisotopic (exact) mass is 590 g/mol. The molecule has 0 aliphatic carbocycles. The van der Waals surface area contributed by atoms with Gasteiger partial charge in [0.1, 0.15) is 11.6 Å². The van der Waals surface area contributed by atoms with Crippen molar-refractivity contribution in [3.05, 3.63) is 59.9 Å². The van der Waals surface area contributed by atoms with Crippen LogP contribution in [0.1, 0.15) is 19.3 Å². The first-order valence-corrected chi connectivity index (χ1v) is 15.4. The zero-order chi connectivity index (χ0) is 28.5. The first kappa shape index (κ1) is 29.7. The second-order valence-electron chi connectivity index (χ2n) is 9.51. The van der Waals surface area contributed by atoms with E-state index >= 15 is 0 Å². The molecule has 40 heavy (non-hydrogen) atoms. The number of methoxy groups -OCH3 is 1. The van der Waals surface area contributed by atoms with Crippen molar-refractivity contribution in [2.45, 2.75) is 25.8 Å². The third kappa shape index (κ3) is 8.12. The third-order valence-corrected chi connectivity index (χ3v) is 8.16. The second kappa shape index (κ2) is 13.9. The summed E-state index contributed by atoms with van der Waals surface area (Å²) in [4.78, 5) is 19.5. The van der Waals surface area contributed by atoms with Crippen LogP contribution < -0.4 is 14.2 Å². The van der Waals surface area contributed by atoms with Crippen molar-refractivity contribution in [3.8, 4) is 28.6 Å². The number of halogens is 1. The van der Waals surface area contributed by atoms with Gasteiger partial charge in [-0.1, -0.05) is 17.7 Å². The molecule has 0 saturated heterocycles. The van der Waals surface area contributed by atoms with Crippen LogP contribution in [0.3, 0.4) is 0 Å². The zero-order valence-electron chi connectivity index (χ0n) is 22.8. The molecule has 2 aromatic carbocycles. The Labute approximate surface area is 240 Å². The average molecular weight is 591 g/mol. The number of carbonyl (C=O) groups excluding carboxylic acids is 1. The first-order chi connectivity index (χ1) is 19.2. The maximum absolute atomic E-state index is 13.2. The molecule has 12 heteroatoms. The highest BCUT2D eigenvalue weighted by molar-refractivity contribution is 7.88. The highest BCUT2D eigenvalue weighted by atomic mass is 35.5. The van der Waals surface area contributed by atoms with Crippen LogP contribution in [0.25, 0.3) is 11.4 Å². The lowest BCUT2D eigenvalue weighted by Gasteiger charge is -2.24. The minimum absolute atomic E-state index is 0.133. The number of fused-ring (bicyclic) bond motifs is 4. The van der Waals surface area contributed by atoms with Crippen LogP contribution in [-0.4, -0.2) is 85.8 Å². The van der Waals surface area contributed by atoms with Gasteiger partial charge in [0.05, 0.1) is 20.0 Å². The van der Waals surface area contributed by atoms with Crippen molar-refractivity contribution in [2.24, 2.45) is 0 Å². The van der Waals surface area contributed by atoms with Gasteiger partial charge >= 0.3 is 0 Å². The topological polar surface area (TPSA) is 103 Å². The smallest absolute Gasteiger partial charge is 0.260 e. The molecule has 10 nitrogen and oxygen atoms in total. The van der Waals surface area contributed by atoms with Crippen molar-refractivity contribution in [2.75, 3.05) is 52.8 Å². The van der Waals surface area contributed by atoms with Gasteiger partial charge in [0.2, 0.25) is 10.0 Å². The Bertz CT molecular complexity index is 1400. The van der Waals surface area contributed by atoms with Gasteiger partial charge in [0, 0.05) is 55.7 Å². The molecule has 1 amide bonds. The van der Waals surface area contributed by atoms with Crippen LogP contribution in [0.4, 0.5) is 0 Å². The van der Waals surface area contributed by atoms with Crippen LogP contribution in [0.2, 0.25) is 5.02 Å². The highest BCUT2D eigenvalue weighted by Crippen LogP contribution is 2.32. The SMILES string of the molecule is COc1ccc2cc1OCCCN(S(C)(=O)=O)CCCCN(C(=O)COc1cccc(Cl)c1)CCn1ccnc1-2. The summed E-state index contributed by atoms with van der Waals surface area (Å²) in [5, 5.41) is 0.529. The van der Waals surface area contributed by atoms with Crippen LogP contribution in [0, 0.1) is 0 Å². The Kier molecular flexibility index (Phi) is 10.3. The van der Waals surface area contributed by atoms with Crippen molar-refractivity contribution in [3.63, 3.8) is 0 Å². The van der Waals surface area contributed by atoms with Gasteiger partial charge in [-0.05, 0) is 55.7 Å². The van der Waals surface area contributed by atoms with Crippen molar-refractivity contribution < 1.29 is 27.4 Å². The van der Waals surface area contributed by atoms with E-state index < -0.39 is 10.0 Å². The maximum Gasteiger partial charge on any atom is 0.260 e. The van der Waals surface area contributed by atoms with Gasteiger partial charge in [-0.2, -0.15) is 0 Å². The molecule has 2 bridgehead atoms. The summed E-state index contributed by atoms with van der Waals surface area (Å²) in [5.74, 6) is 2.22. The molecule has 216 valence electrons. The minimum Gasteiger partial charge on any atom is -0.493 e. The number of benzene rings is 2. The molecule has 0 unspecified atom stereocenters. The van der Waals surface area contributed by atoms with Crippen molar-refractivity contribution in [1.82, 2.24) is 18.8 Å². The zero-order valence-corrected chi connectivity index (χ0v) is 24.4. The number of amides is 1. The molecule has 0 atom stereocenters. The number of sulfonamides is 1. The van der Waals surface area contributed by atoms with E-state index in [1.54, 1.807) is 42.5 Å². The van der Waals surface area contributed by atoms with Gasteiger partial charge < -0.3 is 23.7 Å². The summed E-state index contributed by atoms with van der Waals surface area (Å²) < 4.78 is 45.4. The largest absolute Gasteiger partial charge is 0.493 e. The number of nitrogens with zero attached hydrogens (tertiary/aromatic N) is 4. The van der Waals surface area contributed by atoms with Gasteiger partial charge in [0.15, 0.2) is 18.1 Å². The molecule has 3 aromatic rings. The standard InChI is InChI=1S/C28H35ClN4O6S/c1-37-25-10-9-22-19-26(25)38-18-6-14-33(40(2,35)36)13-4-3-12-31(16-17-32-15-11-30-28(22)32)27(34)21-39-24-8-5-7-23(29)20-24/h5,7-11,15,19-20H,3-4,6,12-14,16-18,21H2,1-2H3. The molecule has 0 saturated carbocycles. The van der Waals surface area contributed by atoms with Crippen LogP contribution in [0.5, 0.6) is 17.2 Å². The lowest BCUT2D eigenvalue weighted by molar-refractivity contribution is -0.133. The number of aromatic nitrogens is 2. The molecule has 0 spiro atoms. The summed E-state index contributed by atoms with van der Waals surface area (Å²) >= 11 is 6.04. The number of hydrogen-bond donors (Lipinski definition) is 0. The quantitative estimate of drug-likeness (QED) is 0.443. The normalized spacial score (nSPS) is 15.9. The summed E-state index contributed by atoms with van der Waals surface area (Å²) in [5.41, 5.74) is 0.838. The predicted molar refractivity (Wildman–Crippen MR) is 154 cm³/mol. The summed E-state index contributed by atoms with van der Waals surface area (Å²) in [6.07, 6.45) is 6.59. The van der Waals surface area contributed by atoms with E-state index in [1.165, 1.54) is 10.6 Å². The Morgan fingerprint density at radius 1 is 1.05 bits per heavy atom. The van der Waals surface area contributed by atoms with Crippen molar-refractivity contribution >= 4 is 27.5 Å². The van der Waals surface area contributed by atoms with Gasteiger partial charge in [-0.25, -0.2) is 17.7 Å². The minimum atomic E-state index is -3.39. The number of hydrogen-bond acceptors (Lipinski definition) is 7. The third-order valence-electron chi connectivity index (χ3n) is 6.62. The number of carbonyl (C=O) groups is 1. The predicted octanol–water partition coefficient (Wildman–Crippen LogP) is 3.94. The van der Waals surface area contributed by atoms with Crippen LogP contribution in [0.15, 0.2) is 54.9 Å². The lowest BCUT2D eigenvalue weighted by Crippen LogP contribution is -2.38. The molecule has 1 aliphatic rings. The molecule has 0 fully saturated rings. The Morgan fingerprint density at radius 2 is 1.85 bits per heavy atom. The summed E-state index contributed by atoms with van der Waals surface area (Å²) in [6.45, 7) is 2.30. The Morgan fingerprint density at radius 3 is 2.62 bits per heavy atom. The first-order valence-electron chi connectivity index (χ1n) is 13.2. The molecular weight excluding hydrogens is 556 g/mol. The Hall–Kier alpha value is -3.28. The van der Waals surface area contributed by atoms with Gasteiger partial charge in [-0.15, -0.1) is 0 Å². The highest BCUT2D eigenvalue weighted by Gasteiger charge is 2.19. The van der Waals surface area contributed by atoms with Crippen LogP contribution in [-0.2, 0) is 21.4 Å². The van der Waals surface area contributed by atoms with E-state index in [0.717, 1.165) is 11.4 Å². The molecule has 4 rings (SSSR count).